The second-order valence-electron chi connectivity index (χ2n) is 3.80. The minimum absolute atomic E-state index is 0.261. The first-order valence-corrected chi connectivity index (χ1v) is 4.85. The van der Waals surface area contributed by atoms with Crippen LogP contribution in [0, 0.1) is 12.8 Å². The van der Waals surface area contributed by atoms with Crippen molar-refractivity contribution in [3.63, 3.8) is 0 Å². The van der Waals surface area contributed by atoms with E-state index < -0.39 is 0 Å². The lowest BCUT2D eigenvalue weighted by Crippen LogP contribution is -2.08. The van der Waals surface area contributed by atoms with E-state index in [-0.39, 0.29) is 6.61 Å². The number of hydrogen-bond acceptors (Lipinski definition) is 2. The standard InChI is InChI=1S/C11H15NO/c1-8-10(3-2-6-12-8)11(7-13)9-4-5-9/h2-3,6,9,11,13H,4-5,7H2,1H3. The molecule has 1 unspecified atom stereocenters. The minimum Gasteiger partial charge on any atom is -0.396 e. The maximum absolute atomic E-state index is 9.29. The highest BCUT2D eigenvalue weighted by Crippen LogP contribution is 2.42. The second-order valence-corrected chi connectivity index (χ2v) is 3.80. The van der Waals surface area contributed by atoms with Gasteiger partial charge in [-0.05, 0) is 37.3 Å². The summed E-state index contributed by atoms with van der Waals surface area (Å²) in [5.74, 6) is 1.03. The zero-order valence-corrected chi connectivity index (χ0v) is 7.90. The van der Waals surface area contributed by atoms with E-state index in [1.807, 2.05) is 13.0 Å². The molecule has 0 aromatic carbocycles. The third-order valence-electron chi connectivity index (χ3n) is 2.84. The van der Waals surface area contributed by atoms with Crippen molar-refractivity contribution in [3.8, 4) is 0 Å². The van der Waals surface area contributed by atoms with Gasteiger partial charge < -0.3 is 5.11 Å². The molecule has 1 aromatic heterocycles. The van der Waals surface area contributed by atoms with Gasteiger partial charge in [0.25, 0.3) is 0 Å². The fourth-order valence-electron chi connectivity index (χ4n) is 1.89. The molecule has 2 rings (SSSR count). The highest BCUT2D eigenvalue weighted by Gasteiger charge is 2.32. The Kier molecular flexibility index (Phi) is 2.32. The predicted octanol–water partition coefficient (Wildman–Crippen LogP) is 1.88. The van der Waals surface area contributed by atoms with Crippen LogP contribution in [0.1, 0.15) is 30.0 Å². The van der Waals surface area contributed by atoms with Crippen molar-refractivity contribution >= 4 is 0 Å². The molecule has 13 heavy (non-hydrogen) atoms. The topological polar surface area (TPSA) is 33.1 Å². The number of aryl methyl sites for hydroxylation is 1. The zero-order valence-electron chi connectivity index (χ0n) is 7.90. The van der Waals surface area contributed by atoms with Crippen LogP contribution in [0.5, 0.6) is 0 Å². The third-order valence-corrected chi connectivity index (χ3v) is 2.84. The maximum atomic E-state index is 9.29. The molecular weight excluding hydrogens is 162 g/mol. The van der Waals surface area contributed by atoms with Crippen molar-refractivity contribution in [2.75, 3.05) is 6.61 Å². The summed E-state index contributed by atoms with van der Waals surface area (Å²) >= 11 is 0. The molecule has 70 valence electrons. The lowest BCUT2D eigenvalue weighted by Gasteiger charge is -2.14. The molecule has 0 aliphatic heterocycles. The molecule has 2 heteroatoms. The van der Waals surface area contributed by atoms with Gasteiger partial charge in [-0.3, -0.25) is 4.98 Å². The summed E-state index contributed by atoms with van der Waals surface area (Å²) in [5.41, 5.74) is 2.29. The van der Waals surface area contributed by atoms with E-state index in [1.165, 1.54) is 18.4 Å². The van der Waals surface area contributed by atoms with Crippen molar-refractivity contribution < 1.29 is 5.11 Å². The SMILES string of the molecule is Cc1ncccc1C(CO)C1CC1. The van der Waals surface area contributed by atoms with Gasteiger partial charge in [0.15, 0.2) is 0 Å². The predicted molar refractivity (Wildman–Crippen MR) is 51.5 cm³/mol. The minimum atomic E-state index is 0.261. The van der Waals surface area contributed by atoms with Gasteiger partial charge in [0.1, 0.15) is 0 Å². The Morgan fingerprint density at radius 1 is 1.62 bits per heavy atom. The van der Waals surface area contributed by atoms with Gasteiger partial charge in [-0.1, -0.05) is 6.07 Å². The van der Waals surface area contributed by atoms with Crippen LogP contribution in [-0.2, 0) is 0 Å². The van der Waals surface area contributed by atoms with Crippen LogP contribution < -0.4 is 0 Å². The number of rotatable bonds is 3. The molecule has 1 aliphatic carbocycles. The average molecular weight is 177 g/mol. The Balaban J connectivity index is 2.26. The van der Waals surface area contributed by atoms with Gasteiger partial charge >= 0.3 is 0 Å². The van der Waals surface area contributed by atoms with Gasteiger partial charge in [-0.25, -0.2) is 0 Å². The van der Waals surface area contributed by atoms with Crippen LogP contribution in [-0.4, -0.2) is 16.7 Å². The molecule has 1 N–H and O–H groups in total. The van der Waals surface area contributed by atoms with E-state index in [1.54, 1.807) is 6.20 Å². The van der Waals surface area contributed by atoms with Crippen molar-refractivity contribution in [1.82, 2.24) is 4.98 Å². The number of pyridine rings is 1. The van der Waals surface area contributed by atoms with E-state index in [4.69, 9.17) is 0 Å². The number of aliphatic hydroxyl groups is 1. The van der Waals surface area contributed by atoms with Gasteiger partial charge in [0.05, 0.1) is 6.61 Å². The van der Waals surface area contributed by atoms with Gasteiger partial charge in [-0.15, -0.1) is 0 Å². The van der Waals surface area contributed by atoms with Crippen LogP contribution in [0.3, 0.4) is 0 Å². The molecule has 1 aliphatic rings. The van der Waals surface area contributed by atoms with Crippen molar-refractivity contribution in [3.05, 3.63) is 29.6 Å². The molecule has 1 aromatic rings. The van der Waals surface area contributed by atoms with Crippen LogP contribution in [0.15, 0.2) is 18.3 Å². The number of aliphatic hydroxyl groups excluding tert-OH is 1. The number of hydrogen-bond donors (Lipinski definition) is 1. The average Bonchev–Trinajstić information content (AvgIpc) is 2.93. The molecular formula is C11H15NO. The van der Waals surface area contributed by atoms with E-state index in [9.17, 15) is 5.11 Å². The van der Waals surface area contributed by atoms with Crippen molar-refractivity contribution in [2.45, 2.75) is 25.7 Å². The zero-order chi connectivity index (χ0) is 9.26. The van der Waals surface area contributed by atoms with E-state index in [0.29, 0.717) is 11.8 Å². The third kappa shape index (κ3) is 1.73. The Labute approximate surface area is 78.6 Å². The highest BCUT2D eigenvalue weighted by atomic mass is 16.3. The lowest BCUT2D eigenvalue weighted by atomic mass is 9.94. The number of aromatic nitrogens is 1. The van der Waals surface area contributed by atoms with Gasteiger partial charge in [-0.2, -0.15) is 0 Å². The Bertz CT molecular complexity index is 294. The summed E-state index contributed by atoms with van der Waals surface area (Å²) in [4.78, 5) is 4.25. The summed E-state index contributed by atoms with van der Waals surface area (Å²) in [7, 11) is 0. The summed E-state index contributed by atoms with van der Waals surface area (Å²) in [6.45, 7) is 2.28. The van der Waals surface area contributed by atoms with Crippen LogP contribution in [0.25, 0.3) is 0 Å². The Hall–Kier alpha value is -0.890. The molecule has 2 nitrogen and oxygen atoms in total. The molecule has 1 fully saturated rings. The van der Waals surface area contributed by atoms with Gasteiger partial charge in [0.2, 0.25) is 0 Å². The molecule has 0 amide bonds. The summed E-state index contributed by atoms with van der Waals surface area (Å²) in [5, 5.41) is 9.29. The van der Waals surface area contributed by atoms with E-state index in [2.05, 4.69) is 11.1 Å². The molecule has 1 atom stereocenters. The number of nitrogens with zero attached hydrogens (tertiary/aromatic N) is 1. The highest BCUT2D eigenvalue weighted by molar-refractivity contribution is 5.25. The van der Waals surface area contributed by atoms with E-state index >= 15 is 0 Å². The van der Waals surface area contributed by atoms with Crippen LogP contribution >= 0.6 is 0 Å². The molecule has 0 spiro atoms. The fraction of sp³-hybridized carbons (Fsp3) is 0.545. The Morgan fingerprint density at radius 3 is 2.92 bits per heavy atom. The van der Waals surface area contributed by atoms with Crippen LogP contribution in [0.4, 0.5) is 0 Å². The first-order chi connectivity index (χ1) is 6.33. The maximum Gasteiger partial charge on any atom is 0.0503 e. The van der Waals surface area contributed by atoms with Gasteiger partial charge in [0, 0.05) is 17.8 Å². The molecule has 1 saturated carbocycles. The second kappa shape index (κ2) is 3.46. The summed E-state index contributed by atoms with van der Waals surface area (Å²) in [6, 6.07) is 4.04. The summed E-state index contributed by atoms with van der Waals surface area (Å²) in [6.07, 6.45) is 4.33. The lowest BCUT2D eigenvalue weighted by molar-refractivity contribution is 0.252. The fourth-order valence-corrected chi connectivity index (χ4v) is 1.89. The first kappa shape index (κ1) is 8.70. The molecule has 0 radical (unpaired) electrons. The quantitative estimate of drug-likeness (QED) is 0.764. The van der Waals surface area contributed by atoms with Crippen LogP contribution in [0.2, 0.25) is 0 Å². The molecule has 0 bridgehead atoms. The van der Waals surface area contributed by atoms with E-state index in [0.717, 1.165) is 5.69 Å². The summed E-state index contributed by atoms with van der Waals surface area (Å²) < 4.78 is 0. The largest absolute Gasteiger partial charge is 0.396 e. The monoisotopic (exact) mass is 177 g/mol. The molecule has 0 saturated heterocycles. The normalized spacial score (nSPS) is 18.6. The van der Waals surface area contributed by atoms with Crippen molar-refractivity contribution in [1.29, 1.82) is 0 Å². The molecule has 1 heterocycles. The smallest absolute Gasteiger partial charge is 0.0503 e. The first-order valence-electron chi connectivity index (χ1n) is 4.85. The Morgan fingerprint density at radius 2 is 2.38 bits per heavy atom. The van der Waals surface area contributed by atoms with Crippen molar-refractivity contribution in [2.24, 2.45) is 5.92 Å².